The number of carboxylic acid groups (broad SMARTS) is 1. The van der Waals surface area contributed by atoms with Gasteiger partial charge in [-0.15, -0.1) is 0 Å². The molecule has 0 atom stereocenters. The van der Waals surface area contributed by atoms with Crippen molar-refractivity contribution in [3.8, 4) is 22.6 Å². The highest BCUT2D eigenvalue weighted by atomic mass is 16.5. The molecular weight excluding hydrogens is 232 g/mol. The van der Waals surface area contributed by atoms with Crippen LogP contribution in [-0.2, 0) is 0 Å². The van der Waals surface area contributed by atoms with Crippen LogP contribution >= 0.6 is 0 Å². The fourth-order valence-electron chi connectivity index (χ4n) is 1.68. The number of hydrogen-bond donors (Lipinski definition) is 2. The van der Waals surface area contributed by atoms with Crippen molar-refractivity contribution in [3.05, 3.63) is 48.0 Å². The van der Waals surface area contributed by atoms with E-state index in [0.717, 1.165) is 16.9 Å². The molecule has 2 rings (SSSR count). The van der Waals surface area contributed by atoms with E-state index in [1.165, 1.54) is 12.1 Å². The van der Waals surface area contributed by atoms with Crippen molar-refractivity contribution in [1.29, 1.82) is 0 Å². The number of benzene rings is 2. The summed E-state index contributed by atoms with van der Waals surface area (Å²) in [4.78, 5) is 10.8. The van der Waals surface area contributed by atoms with Crippen LogP contribution in [0.25, 0.3) is 11.1 Å². The number of rotatable bonds is 3. The Hall–Kier alpha value is -2.49. The van der Waals surface area contributed by atoms with Crippen molar-refractivity contribution >= 4 is 5.97 Å². The highest BCUT2D eigenvalue weighted by Crippen LogP contribution is 2.27. The summed E-state index contributed by atoms with van der Waals surface area (Å²) in [6.07, 6.45) is 0. The molecule has 2 N–H and O–H groups in total. The van der Waals surface area contributed by atoms with Crippen LogP contribution in [0.4, 0.5) is 0 Å². The molecule has 0 spiro atoms. The first-order valence-corrected chi connectivity index (χ1v) is 5.32. The number of aromatic carboxylic acids is 1. The SMILES string of the molecule is COc1ccc(-c2ccc(C(=O)O)c(O)c2)cc1. The first-order valence-electron chi connectivity index (χ1n) is 5.32. The minimum atomic E-state index is -1.14. The number of carboxylic acids is 1. The van der Waals surface area contributed by atoms with Crippen LogP contribution in [0.3, 0.4) is 0 Å². The fraction of sp³-hybridized carbons (Fsp3) is 0.0714. The summed E-state index contributed by atoms with van der Waals surface area (Å²) < 4.78 is 5.05. The summed E-state index contributed by atoms with van der Waals surface area (Å²) in [5.74, 6) is -0.644. The molecule has 0 radical (unpaired) electrons. The maximum absolute atomic E-state index is 10.8. The molecule has 0 aromatic heterocycles. The van der Waals surface area contributed by atoms with Crippen molar-refractivity contribution in [1.82, 2.24) is 0 Å². The van der Waals surface area contributed by atoms with Gasteiger partial charge in [-0.2, -0.15) is 0 Å². The van der Waals surface area contributed by atoms with Gasteiger partial charge in [0.05, 0.1) is 7.11 Å². The van der Waals surface area contributed by atoms with Gasteiger partial charge in [0.25, 0.3) is 0 Å². The van der Waals surface area contributed by atoms with Gasteiger partial charge in [0.2, 0.25) is 0 Å². The van der Waals surface area contributed by atoms with Gasteiger partial charge in [-0.05, 0) is 35.4 Å². The number of ether oxygens (including phenoxy) is 1. The smallest absolute Gasteiger partial charge is 0.339 e. The molecule has 2 aromatic carbocycles. The van der Waals surface area contributed by atoms with E-state index in [-0.39, 0.29) is 11.3 Å². The largest absolute Gasteiger partial charge is 0.507 e. The second-order valence-electron chi connectivity index (χ2n) is 3.77. The molecule has 0 bridgehead atoms. The maximum atomic E-state index is 10.8. The minimum Gasteiger partial charge on any atom is -0.507 e. The molecule has 0 saturated carbocycles. The van der Waals surface area contributed by atoms with Crippen LogP contribution in [0.15, 0.2) is 42.5 Å². The van der Waals surface area contributed by atoms with Crippen molar-refractivity contribution in [2.24, 2.45) is 0 Å². The standard InChI is InChI=1S/C14H12O4/c1-18-11-5-2-9(3-6-11)10-4-7-12(14(16)17)13(15)8-10/h2-8,15H,1H3,(H,16,17). The van der Waals surface area contributed by atoms with E-state index in [1.807, 2.05) is 12.1 Å². The summed E-state index contributed by atoms with van der Waals surface area (Å²) in [7, 11) is 1.59. The molecule has 2 aromatic rings. The number of methoxy groups -OCH3 is 1. The number of hydrogen-bond acceptors (Lipinski definition) is 3. The Kier molecular flexibility index (Phi) is 3.19. The highest BCUT2D eigenvalue weighted by molar-refractivity contribution is 5.91. The fourth-order valence-corrected chi connectivity index (χ4v) is 1.68. The average molecular weight is 244 g/mol. The molecule has 0 amide bonds. The number of aromatic hydroxyl groups is 1. The van der Waals surface area contributed by atoms with Gasteiger partial charge in [-0.25, -0.2) is 4.79 Å². The van der Waals surface area contributed by atoms with E-state index < -0.39 is 5.97 Å². The zero-order chi connectivity index (χ0) is 13.1. The van der Waals surface area contributed by atoms with Crippen LogP contribution in [0.1, 0.15) is 10.4 Å². The van der Waals surface area contributed by atoms with Crippen molar-refractivity contribution in [3.63, 3.8) is 0 Å². The van der Waals surface area contributed by atoms with E-state index in [4.69, 9.17) is 9.84 Å². The molecule has 4 heteroatoms. The first-order chi connectivity index (χ1) is 8.61. The molecule has 0 saturated heterocycles. The van der Waals surface area contributed by atoms with Crippen LogP contribution in [0.2, 0.25) is 0 Å². The molecule has 0 unspecified atom stereocenters. The monoisotopic (exact) mass is 244 g/mol. The lowest BCUT2D eigenvalue weighted by Crippen LogP contribution is -1.96. The summed E-state index contributed by atoms with van der Waals surface area (Å²) in [6, 6.07) is 11.8. The quantitative estimate of drug-likeness (QED) is 0.871. The second kappa shape index (κ2) is 4.79. The first kappa shape index (κ1) is 12.0. The van der Waals surface area contributed by atoms with E-state index >= 15 is 0 Å². The van der Waals surface area contributed by atoms with Crippen LogP contribution in [0.5, 0.6) is 11.5 Å². The molecule has 0 aliphatic rings. The third kappa shape index (κ3) is 2.27. The predicted octanol–water partition coefficient (Wildman–Crippen LogP) is 2.77. The Morgan fingerprint density at radius 2 is 1.67 bits per heavy atom. The Morgan fingerprint density at radius 3 is 2.17 bits per heavy atom. The van der Waals surface area contributed by atoms with E-state index in [9.17, 15) is 9.90 Å². The molecule has 18 heavy (non-hydrogen) atoms. The van der Waals surface area contributed by atoms with Crippen LogP contribution in [-0.4, -0.2) is 23.3 Å². The molecule has 0 fully saturated rings. The minimum absolute atomic E-state index is 0.104. The number of carbonyl (C=O) groups is 1. The molecule has 0 aliphatic carbocycles. The highest BCUT2D eigenvalue weighted by Gasteiger charge is 2.10. The molecule has 0 heterocycles. The predicted molar refractivity (Wildman–Crippen MR) is 67.1 cm³/mol. The molecule has 92 valence electrons. The lowest BCUT2D eigenvalue weighted by Gasteiger charge is -2.06. The summed E-state index contributed by atoms with van der Waals surface area (Å²) in [5.41, 5.74) is 1.52. The third-order valence-electron chi connectivity index (χ3n) is 2.65. The average Bonchev–Trinajstić information content (AvgIpc) is 2.38. The zero-order valence-corrected chi connectivity index (χ0v) is 9.75. The van der Waals surface area contributed by atoms with Gasteiger partial charge < -0.3 is 14.9 Å². The number of phenols is 1. The van der Waals surface area contributed by atoms with Gasteiger partial charge in [0, 0.05) is 0 Å². The Labute approximate surface area is 104 Å². The third-order valence-corrected chi connectivity index (χ3v) is 2.65. The normalized spacial score (nSPS) is 10.1. The summed E-state index contributed by atoms with van der Waals surface area (Å²) in [6.45, 7) is 0. The Morgan fingerprint density at radius 1 is 1.06 bits per heavy atom. The second-order valence-corrected chi connectivity index (χ2v) is 3.77. The zero-order valence-electron chi connectivity index (χ0n) is 9.75. The van der Waals surface area contributed by atoms with Crippen molar-refractivity contribution in [2.45, 2.75) is 0 Å². The van der Waals surface area contributed by atoms with Crippen molar-refractivity contribution in [2.75, 3.05) is 7.11 Å². The molecule has 0 aliphatic heterocycles. The van der Waals surface area contributed by atoms with Gasteiger partial charge in [0.15, 0.2) is 0 Å². The van der Waals surface area contributed by atoms with Crippen LogP contribution < -0.4 is 4.74 Å². The van der Waals surface area contributed by atoms with Crippen molar-refractivity contribution < 1.29 is 19.7 Å². The van der Waals surface area contributed by atoms with Gasteiger partial charge >= 0.3 is 5.97 Å². The van der Waals surface area contributed by atoms with Gasteiger partial charge in [-0.1, -0.05) is 18.2 Å². The Bertz CT molecular complexity index is 573. The van der Waals surface area contributed by atoms with E-state index in [2.05, 4.69) is 0 Å². The lowest BCUT2D eigenvalue weighted by atomic mass is 10.0. The van der Waals surface area contributed by atoms with E-state index in [0.29, 0.717) is 0 Å². The molecular formula is C14H12O4. The van der Waals surface area contributed by atoms with Crippen LogP contribution in [0, 0.1) is 0 Å². The maximum Gasteiger partial charge on any atom is 0.339 e. The summed E-state index contributed by atoms with van der Waals surface area (Å²) in [5, 5.41) is 18.4. The summed E-state index contributed by atoms with van der Waals surface area (Å²) >= 11 is 0. The molecule has 4 nitrogen and oxygen atoms in total. The van der Waals surface area contributed by atoms with Gasteiger partial charge in [-0.3, -0.25) is 0 Å². The Balaban J connectivity index is 2.39. The lowest BCUT2D eigenvalue weighted by molar-refractivity contribution is 0.0694. The topological polar surface area (TPSA) is 66.8 Å². The van der Waals surface area contributed by atoms with E-state index in [1.54, 1.807) is 25.3 Å². The van der Waals surface area contributed by atoms with Gasteiger partial charge in [0.1, 0.15) is 17.1 Å².